The topological polar surface area (TPSA) is 81.4 Å². The normalized spacial score (nSPS) is 11.5. The molecule has 0 radical (unpaired) electrons. The third-order valence-electron chi connectivity index (χ3n) is 5.99. The van der Waals surface area contributed by atoms with Crippen LogP contribution in [0.4, 0.5) is 5.69 Å². The fourth-order valence-electron chi connectivity index (χ4n) is 4.08. The van der Waals surface area contributed by atoms with Crippen molar-refractivity contribution in [2.75, 3.05) is 4.90 Å². The van der Waals surface area contributed by atoms with Crippen molar-refractivity contribution in [2.24, 2.45) is 0 Å². The number of benzene rings is 4. The number of anilines is 1. The molecule has 1 heterocycles. The predicted octanol–water partition coefficient (Wildman–Crippen LogP) is 6.28. The Balaban J connectivity index is 0.000000257. The van der Waals surface area contributed by atoms with Crippen LogP contribution in [0.5, 0.6) is 0 Å². The van der Waals surface area contributed by atoms with E-state index in [1.165, 1.54) is 33.1 Å². The first kappa shape index (κ1) is 27.2. The van der Waals surface area contributed by atoms with Crippen LogP contribution in [-0.4, -0.2) is 18.9 Å². The number of para-hydroxylation sites is 1. The molecule has 0 bridgehead atoms. The van der Waals surface area contributed by atoms with Gasteiger partial charge in [0.2, 0.25) is 11.4 Å². The van der Waals surface area contributed by atoms with Crippen molar-refractivity contribution in [3.8, 4) is 0 Å². The molecule has 1 aromatic heterocycles. The fourth-order valence-corrected chi connectivity index (χ4v) is 5.81. The Morgan fingerprint density at radius 1 is 0.947 bits per heavy atom. The summed E-state index contributed by atoms with van der Waals surface area (Å²) in [6.07, 6.45) is 3.91. The molecule has 0 saturated carbocycles. The Hall–Kier alpha value is -3.85. The van der Waals surface area contributed by atoms with E-state index in [0.717, 1.165) is 22.8 Å². The van der Waals surface area contributed by atoms with Crippen LogP contribution >= 0.6 is 11.3 Å². The van der Waals surface area contributed by atoms with Gasteiger partial charge >= 0.3 is 0 Å². The van der Waals surface area contributed by atoms with Crippen LogP contribution in [0.1, 0.15) is 24.4 Å². The number of nitrogens with zero attached hydrogens (tertiary/aromatic N) is 2. The van der Waals surface area contributed by atoms with Gasteiger partial charge in [-0.2, -0.15) is 4.57 Å². The molecule has 0 N–H and O–H groups in total. The summed E-state index contributed by atoms with van der Waals surface area (Å²) in [5.41, 5.74) is 3.03. The number of fused-ring (bicyclic) bond motifs is 3. The predicted molar refractivity (Wildman–Crippen MR) is 153 cm³/mol. The van der Waals surface area contributed by atoms with Gasteiger partial charge in [-0.15, -0.1) is 0 Å². The molecule has 4 aromatic carbocycles. The molecular formula is C30H28N2O4S2. The molecule has 0 atom stereocenters. The smallest absolute Gasteiger partial charge is 0.264 e. The third kappa shape index (κ3) is 6.16. The zero-order valence-corrected chi connectivity index (χ0v) is 23.0. The summed E-state index contributed by atoms with van der Waals surface area (Å²) in [6.45, 7) is 6.44. The molecule has 194 valence electrons. The standard InChI is InChI=1S/C23H21N2OS.C7H8O3S/c1-3-24-21-14-13-18-9-7-8-12-20(18)23(21)27-22(24)15-16-25(17(2)26)19-10-5-4-6-11-19;1-6-2-4-7(5-3-6)11(8,9)10/h4-16H,3H2,1-2H3;2-5H,1H3,(H,8,9,10)/q+1;/p-1. The lowest BCUT2D eigenvalue weighted by atomic mass is 10.1. The molecule has 8 heteroatoms. The molecule has 0 spiro atoms. The molecule has 0 aliphatic rings. The van der Waals surface area contributed by atoms with Crippen molar-refractivity contribution in [3.63, 3.8) is 0 Å². The molecule has 1 amide bonds. The Morgan fingerprint density at radius 2 is 1.61 bits per heavy atom. The summed E-state index contributed by atoms with van der Waals surface area (Å²) in [4.78, 5) is 13.6. The van der Waals surface area contributed by atoms with Gasteiger partial charge in [-0.1, -0.05) is 71.5 Å². The average molecular weight is 545 g/mol. The minimum Gasteiger partial charge on any atom is -0.744 e. The Morgan fingerprint density at radius 3 is 2.24 bits per heavy atom. The minimum atomic E-state index is -4.27. The fraction of sp³-hybridized carbons (Fsp3) is 0.133. The SMILES string of the molecule is CC[n+]1c(C=CN(C(C)=O)c2ccccc2)sc2c3ccccc3ccc21.Cc1ccc(S(=O)(=O)[O-])cc1. The summed E-state index contributed by atoms with van der Waals surface area (Å²) < 4.78 is 34.7. The van der Waals surface area contributed by atoms with E-state index in [1.54, 1.807) is 35.3 Å². The van der Waals surface area contributed by atoms with Crippen molar-refractivity contribution in [3.05, 3.63) is 108 Å². The van der Waals surface area contributed by atoms with E-state index in [-0.39, 0.29) is 10.8 Å². The lowest BCUT2D eigenvalue weighted by Gasteiger charge is -2.15. The lowest BCUT2D eigenvalue weighted by Crippen LogP contribution is -2.33. The average Bonchev–Trinajstić information content (AvgIpc) is 3.27. The second-order valence-corrected chi connectivity index (χ2v) is 11.0. The molecule has 6 nitrogen and oxygen atoms in total. The van der Waals surface area contributed by atoms with E-state index in [4.69, 9.17) is 0 Å². The summed E-state index contributed by atoms with van der Waals surface area (Å²) in [5.74, 6) is -0.00735. The Bertz CT molecular complexity index is 1710. The lowest BCUT2D eigenvalue weighted by molar-refractivity contribution is -0.665. The maximum absolute atomic E-state index is 12.1. The number of aryl methyl sites for hydroxylation is 2. The molecule has 0 saturated heterocycles. The van der Waals surface area contributed by atoms with Crippen LogP contribution in [0.3, 0.4) is 0 Å². The Kier molecular flexibility index (Phi) is 8.36. The number of carbonyl (C=O) groups is 1. The molecular weight excluding hydrogens is 516 g/mol. The van der Waals surface area contributed by atoms with Gasteiger partial charge in [-0.05, 0) is 49.6 Å². The first-order valence-corrected chi connectivity index (χ1v) is 14.3. The molecule has 0 fully saturated rings. The van der Waals surface area contributed by atoms with E-state index < -0.39 is 10.1 Å². The second kappa shape index (κ2) is 11.7. The van der Waals surface area contributed by atoms with Gasteiger partial charge in [0.15, 0.2) is 0 Å². The van der Waals surface area contributed by atoms with E-state index in [0.29, 0.717) is 0 Å². The van der Waals surface area contributed by atoms with Gasteiger partial charge < -0.3 is 4.55 Å². The molecule has 0 unspecified atom stereocenters. The van der Waals surface area contributed by atoms with Crippen LogP contribution in [0, 0.1) is 6.92 Å². The van der Waals surface area contributed by atoms with Gasteiger partial charge in [-0.25, -0.2) is 8.42 Å². The highest BCUT2D eigenvalue weighted by Crippen LogP contribution is 2.30. The number of rotatable bonds is 5. The minimum absolute atomic E-state index is 0.00735. The van der Waals surface area contributed by atoms with Gasteiger partial charge in [0.05, 0.1) is 4.90 Å². The number of carbonyl (C=O) groups excluding carboxylic acids is 1. The molecule has 38 heavy (non-hydrogen) atoms. The summed E-state index contributed by atoms with van der Waals surface area (Å²) in [6, 6.07) is 28.3. The van der Waals surface area contributed by atoms with Gasteiger partial charge in [0.1, 0.15) is 21.4 Å². The number of aromatic nitrogens is 1. The van der Waals surface area contributed by atoms with Crippen molar-refractivity contribution in [1.29, 1.82) is 0 Å². The largest absolute Gasteiger partial charge is 0.744 e. The molecule has 0 aliphatic carbocycles. The second-order valence-electron chi connectivity index (χ2n) is 8.63. The first-order valence-electron chi connectivity index (χ1n) is 12.1. The quantitative estimate of drug-likeness (QED) is 0.193. The first-order chi connectivity index (χ1) is 18.2. The summed E-state index contributed by atoms with van der Waals surface area (Å²) in [7, 11) is -4.27. The zero-order valence-electron chi connectivity index (χ0n) is 21.4. The van der Waals surface area contributed by atoms with Crippen LogP contribution in [0.2, 0.25) is 0 Å². The zero-order chi connectivity index (χ0) is 27.3. The van der Waals surface area contributed by atoms with Crippen molar-refractivity contribution < 1.29 is 22.3 Å². The number of amides is 1. The van der Waals surface area contributed by atoms with Crippen molar-refractivity contribution in [2.45, 2.75) is 32.2 Å². The van der Waals surface area contributed by atoms with Gasteiger partial charge in [0, 0.05) is 36.3 Å². The maximum atomic E-state index is 12.1. The van der Waals surface area contributed by atoms with E-state index in [2.05, 4.69) is 47.9 Å². The van der Waals surface area contributed by atoms with E-state index in [9.17, 15) is 17.8 Å². The highest BCUT2D eigenvalue weighted by Gasteiger charge is 2.19. The van der Waals surface area contributed by atoms with E-state index >= 15 is 0 Å². The highest BCUT2D eigenvalue weighted by molar-refractivity contribution is 7.85. The summed E-state index contributed by atoms with van der Waals surface area (Å²) >= 11 is 1.77. The maximum Gasteiger partial charge on any atom is 0.264 e. The van der Waals surface area contributed by atoms with E-state index in [1.807, 2.05) is 49.5 Å². The number of hydrogen-bond acceptors (Lipinski definition) is 5. The molecule has 5 aromatic rings. The van der Waals surface area contributed by atoms with Crippen molar-refractivity contribution in [1.82, 2.24) is 0 Å². The highest BCUT2D eigenvalue weighted by atomic mass is 32.2. The van der Waals surface area contributed by atoms with Gasteiger partial charge in [0.25, 0.3) is 5.01 Å². The van der Waals surface area contributed by atoms with Gasteiger partial charge in [-0.3, -0.25) is 9.69 Å². The molecule has 0 aliphatic heterocycles. The number of thiazole rings is 1. The Labute approximate surface area is 226 Å². The molecule has 5 rings (SSSR count). The van der Waals surface area contributed by atoms with Crippen LogP contribution in [0.25, 0.3) is 27.1 Å². The summed E-state index contributed by atoms with van der Waals surface area (Å²) in [5, 5.41) is 3.65. The van der Waals surface area contributed by atoms with Crippen molar-refractivity contribution >= 4 is 60.1 Å². The monoisotopic (exact) mass is 544 g/mol. The third-order valence-corrected chi connectivity index (χ3v) is 8.04. The van der Waals surface area contributed by atoms with Crippen LogP contribution < -0.4 is 9.47 Å². The van der Waals surface area contributed by atoms with Crippen LogP contribution in [0.15, 0.2) is 102 Å². The number of hydrogen-bond donors (Lipinski definition) is 0. The van der Waals surface area contributed by atoms with Crippen LogP contribution in [-0.2, 0) is 21.5 Å².